The molecule has 1 aliphatic rings. The maximum absolute atomic E-state index is 12.2. The predicted octanol–water partition coefficient (Wildman–Crippen LogP) is 0.728. The molecule has 7 nitrogen and oxygen atoms in total. The smallest absolute Gasteiger partial charge is 0.407 e. The van der Waals surface area contributed by atoms with Crippen LogP contribution in [-0.2, 0) is 25.7 Å². The number of halogens is 1. The summed E-state index contributed by atoms with van der Waals surface area (Å²) in [6, 6.07) is 5.72. The molecule has 1 aliphatic heterocycles. The molecule has 1 aromatic carbocycles. The first kappa shape index (κ1) is 14.8. The highest BCUT2D eigenvalue weighted by atomic mass is 19.3. The number of rotatable bonds is 3. The van der Waals surface area contributed by atoms with Crippen LogP contribution in [0.15, 0.2) is 24.3 Å². The molecule has 0 fully saturated rings. The van der Waals surface area contributed by atoms with Crippen molar-refractivity contribution in [3.63, 3.8) is 0 Å². The van der Waals surface area contributed by atoms with Gasteiger partial charge in [-0.2, -0.15) is 0 Å². The van der Waals surface area contributed by atoms with Gasteiger partial charge in [0, 0.05) is 16.6 Å². The molecular weight excluding hydrogens is 283 g/mol. The third kappa shape index (κ3) is 2.93. The van der Waals surface area contributed by atoms with Gasteiger partial charge < -0.3 is 10.1 Å². The summed E-state index contributed by atoms with van der Waals surface area (Å²) in [6.07, 6.45) is -0.622. The molecule has 2 amide bonds. The van der Waals surface area contributed by atoms with Crippen molar-refractivity contribution in [2.24, 2.45) is 0 Å². The zero-order valence-corrected chi connectivity index (χ0v) is 11.2. The summed E-state index contributed by atoms with van der Waals surface area (Å²) in [5.74, 6) is -1.72. The summed E-state index contributed by atoms with van der Waals surface area (Å²) in [6.45, 7) is -0.378. The number of fused-ring (bicyclic) bond motifs is 1. The Balaban J connectivity index is 2.21. The number of benzene rings is 1. The Morgan fingerprint density at radius 1 is 1.38 bits per heavy atom. The first-order valence-corrected chi connectivity index (χ1v) is 6.12. The van der Waals surface area contributed by atoms with Crippen LogP contribution in [0.25, 0.3) is 0 Å². The molecule has 1 N–H and O–H groups in total. The Bertz CT molecular complexity index is 577. The number of amides is 2. The lowest BCUT2D eigenvalue weighted by Crippen LogP contribution is -2.47. The number of anilines is 1. The quantitative estimate of drug-likeness (QED) is 0.888. The molecule has 112 valence electrons. The number of hydrogen-bond acceptors (Lipinski definition) is 5. The predicted molar refractivity (Wildman–Crippen MR) is 69.0 cm³/mol. The number of carbonyl (C=O) groups excluding carboxylic acids is 3. The average molecular weight is 296 g/mol. The van der Waals surface area contributed by atoms with Crippen molar-refractivity contribution >= 4 is 23.7 Å². The Morgan fingerprint density at radius 2 is 2.10 bits per heavy atom. The normalized spacial score (nSPS) is 16.1. The van der Waals surface area contributed by atoms with Crippen LogP contribution in [-0.4, -0.2) is 37.7 Å². The van der Waals surface area contributed by atoms with Gasteiger partial charge in [0.25, 0.3) is 0 Å². The van der Waals surface area contributed by atoms with Crippen LogP contribution in [0.2, 0.25) is 0 Å². The highest BCUT2D eigenvalue weighted by Crippen LogP contribution is 2.32. The molecule has 0 aromatic heterocycles. The van der Waals surface area contributed by atoms with Crippen molar-refractivity contribution in [3.8, 4) is 0 Å². The Kier molecular flexibility index (Phi) is 4.36. The molecule has 21 heavy (non-hydrogen) atoms. The van der Waals surface area contributed by atoms with Gasteiger partial charge in [-0.25, -0.2) is 9.59 Å². The number of methoxy groups -OCH3 is 1. The van der Waals surface area contributed by atoms with Crippen LogP contribution in [0.4, 0.5) is 15.0 Å². The van der Waals surface area contributed by atoms with Crippen molar-refractivity contribution in [1.29, 1.82) is 0 Å². The Labute approximate surface area is 119 Å². The number of ether oxygens (including phenoxy) is 1. The van der Waals surface area contributed by atoms with E-state index in [1.807, 2.05) is 0 Å². The highest BCUT2D eigenvalue weighted by molar-refractivity contribution is 6.03. The first-order valence-electron chi connectivity index (χ1n) is 6.12. The summed E-state index contributed by atoms with van der Waals surface area (Å²) >= 11 is 0. The van der Waals surface area contributed by atoms with Gasteiger partial charge in [-0.05, 0) is 11.6 Å². The minimum Gasteiger partial charge on any atom is -0.453 e. The largest absolute Gasteiger partial charge is 0.453 e. The first-order chi connectivity index (χ1) is 10.1. The summed E-state index contributed by atoms with van der Waals surface area (Å²) in [5, 5.41) is 2.22. The van der Waals surface area contributed by atoms with Crippen molar-refractivity contribution in [3.05, 3.63) is 29.8 Å². The molecule has 1 aromatic rings. The van der Waals surface area contributed by atoms with Crippen molar-refractivity contribution in [2.75, 3.05) is 18.6 Å². The van der Waals surface area contributed by atoms with E-state index >= 15 is 0 Å². The topological polar surface area (TPSA) is 84.9 Å². The molecule has 0 aliphatic carbocycles. The highest BCUT2D eigenvalue weighted by Gasteiger charge is 2.39. The second-order valence-electron chi connectivity index (χ2n) is 4.35. The standard InChI is InChI=1S/C13H13FN2O5/c1-20-13(19)15-7-11(17)16-9-5-3-2-4-8(9)6-10(16)12(18)21-14/h2-5,10H,6-7H2,1H3,(H,15,19). The van der Waals surface area contributed by atoms with E-state index in [2.05, 4.69) is 15.0 Å². The monoisotopic (exact) mass is 296 g/mol. The molecule has 2 rings (SSSR count). The number of nitrogens with zero attached hydrogens (tertiary/aromatic N) is 1. The number of carbonyl (C=O) groups is 3. The third-order valence-corrected chi connectivity index (χ3v) is 3.16. The van der Waals surface area contributed by atoms with Crippen LogP contribution >= 0.6 is 0 Å². The van der Waals surface area contributed by atoms with Gasteiger partial charge in [0.2, 0.25) is 5.91 Å². The zero-order valence-electron chi connectivity index (χ0n) is 11.2. The fraction of sp³-hybridized carbons (Fsp3) is 0.308. The lowest BCUT2D eigenvalue weighted by atomic mass is 10.1. The van der Waals surface area contributed by atoms with Gasteiger partial charge in [-0.1, -0.05) is 18.2 Å². The van der Waals surface area contributed by atoms with Crippen molar-refractivity contribution in [2.45, 2.75) is 12.5 Å². The van der Waals surface area contributed by atoms with E-state index in [0.717, 1.165) is 17.6 Å². The second-order valence-corrected chi connectivity index (χ2v) is 4.35. The van der Waals surface area contributed by atoms with Crippen LogP contribution < -0.4 is 10.2 Å². The van der Waals surface area contributed by atoms with Gasteiger partial charge in [0.05, 0.1) is 7.11 Å². The van der Waals surface area contributed by atoms with E-state index < -0.39 is 24.0 Å². The summed E-state index contributed by atoms with van der Waals surface area (Å²) < 4.78 is 16.5. The maximum atomic E-state index is 12.2. The van der Waals surface area contributed by atoms with E-state index in [9.17, 15) is 18.9 Å². The molecule has 1 heterocycles. The lowest BCUT2D eigenvalue weighted by molar-refractivity contribution is -0.185. The molecule has 0 bridgehead atoms. The van der Waals surface area contributed by atoms with E-state index in [-0.39, 0.29) is 13.0 Å². The fourth-order valence-corrected chi connectivity index (χ4v) is 2.24. The van der Waals surface area contributed by atoms with Crippen molar-refractivity contribution < 1.29 is 28.6 Å². The number of para-hydroxylation sites is 1. The lowest BCUT2D eigenvalue weighted by Gasteiger charge is -2.22. The molecule has 0 saturated heterocycles. The summed E-state index contributed by atoms with van der Waals surface area (Å²) in [7, 11) is 1.16. The minimum absolute atomic E-state index is 0.156. The van der Waals surface area contributed by atoms with Gasteiger partial charge >= 0.3 is 12.1 Å². The average Bonchev–Trinajstić information content (AvgIpc) is 2.90. The molecular formula is C13H13FN2O5. The van der Waals surface area contributed by atoms with Crippen LogP contribution in [0, 0.1) is 0 Å². The molecule has 8 heteroatoms. The van der Waals surface area contributed by atoms with E-state index in [1.54, 1.807) is 24.3 Å². The number of nitrogens with one attached hydrogen (secondary N) is 1. The van der Waals surface area contributed by atoms with E-state index in [0.29, 0.717) is 5.69 Å². The van der Waals surface area contributed by atoms with Crippen LogP contribution in [0.3, 0.4) is 0 Å². The van der Waals surface area contributed by atoms with Gasteiger partial charge in [-0.15, -0.1) is 0 Å². The summed E-state index contributed by atoms with van der Waals surface area (Å²) in [5.41, 5.74) is 1.21. The van der Waals surface area contributed by atoms with Crippen molar-refractivity contribution in [1.82, 2.24) is 5.32 Å². The van der Waals surface area contributed by atoms with E-state index in [4.69, 9.17) is 0 Å². The molecule has 1 unspecified atom stereocenters. The zero-order chi connectivity index (χ0) is 15.4. The molecule has 1 atom stereocenters. The van der Waals surface area contributed by atoms with Gasteiger partial charge in [0.1, 0.15) is 12.6 Å². The number of hydrogen-bond donors (Lipinski definition) is 1. The fourth-order valence-electron chi connectivity index (χ4n) is 2.24. The van der Waals surface area contributed by atoms with Crippen LogP contribution in [0.1, 0.15) is 5.56 Å². The SMILES string of the molecule is COC(=O)NCC(=O)N1c2ccccc2CC1C(=O)OF. The van der Waals surface area contributed by atoms with Gasteiger partial charge in [-0.3, -0.25) is 14.6 Å². The molecule has 0 radical (unpaired) electrons. The van der Waals surface area contributed by atoms with E-state index in [1.165, 1.54) is 0 Å². The summed E-state index contributed by atoms with van der Waals surface area (Å²) in [4.78, 5) is 39.0. The maximum Gasteiger partial charge on any atom is 0.407 e. The Hall–Kier alpha value is -2.64. The second kappa shape index (κ2) is 6.21. The molecule has 0 spiro atoms. The number of alkyl carbamates (subject to hydrolysis) is 1. The van der Waals surface area contributed by atoms with Crippen LogP contribution in [0.5, 0.6) is 0 Å². The Morgan fingerprint density at radius 3 is 2.76 bits per heavy atom. The van der Waals surface area contributed by atoms with Gasteiger partial charge in [0.15, 0.2) is 0 Å². The molecule has 0 saturated carbocycles. The minimum atomic E-state index is -1.15. The third-order valence-electron chi connectivity index (χ3n) is 3.16.